The van der Waals surface area contributed by atoms with Gasteiger partial charge in [0.2, 0.25) is 0 Å². The van der Waals surface area contributed by atoms with Gasteiger partial charge in [0.1, 0.15) is 15.2 Å². The monoisotopic (exact) mass is 396 g/mol. The maximum Gasteiger partial charge on any atom is 0.168 e. The van der Waals surface area contributed by atoms with Crippen LogP contribution in [0.4, 0.5) is 17.1 Å². The fraction of sp³-hybridized carbons (Fsp3) is 0.333. The molecule has 0 amide bonds. The van der Waals surface area contributed by atoms with Gasteiger partial charge in [-0.15, -0.1) is 0 Å². The molecule has 0 fully saturated rings. The molecule has 2 rings (SSSR count). The van der Waals surface area contributed by atoms with Crippen LogP contribution in [0, 0.1) is 0 Å². The predicted octanol–water partition coefficient (Wildman–Crippen LogP) is 3.04. The van der Waals surface area contributed by atoms with Crippen LogP contribution in [0.3, 0.4) is 0 Å². The van der Waals surface area contributed by atoms with Crippen molar-refractivity contribution >= 4 is 36.7 Å². The van der Waals surface area contributed by atoms with E-state index in [1.165, 1.54) is 6.92 Å². The minimum absolute atomic E-state index is 0.0122. The van der Waals surface area contributed by atoms with Crippen LogP contribution in [0.15, 0.2) is 54.6 Å². The van der Waals surface area contributed by atoms with Crippen LogP contribution >= 0.6 is 0 Å². The Balaban J connectivity index is 2.11. The summed E-state index contributed by atoms with van der Waals surface area (Å²) in [5.74, 6) is 0. The van der Waals surface area contributed by atoms with Gasteiger partial charge in [-0.1, -0.05) is 18.2 Å². The van der Waals surface area contributed by atoms with Gasteiger partial charge >= 0.3 is 0 Å². The second-order valence-corrected chi connectivity index (χ2v) is 11.1. The van der Waals surface area contributed by atoms with Gasteiger partial charge in [0, 0.05) is 29.6 Å². The third kappa shape index (κ3) is 6.03. The molecule has 0 saturated heterocycles. The van der Waals surface area contributed by atoms with Gasteiger partial charge in [-0.05, 0) is 49.7 Å². The Labute approximate surface area is 155 Å². The van der Waals surface area contributed by atoms with Gasteiger partial charge in [-0.3, -0.25) is 0 Å². The van der Waals surface area contributed by atoms with E-state index < -0.39 is 30.3 Å². The largest absolute Gasteiger partial charge is 0.369 e. The first-order valence-electron chi connectivity index (χ1n) is 8.12. The molecule has 0 saturated carbocycles. The molecular formula is C18H24N2O4S2. The average Bonchev–Trinajstić information content (AvgIpc) is 2.55. The first-order valence-corrected chi connectivity index (χ1v) is 12.0. The third-order valence-corrected chi connectivity index (χ3v) is 7.07. The topological polar surface area (TPSA) is 92.3 Å². The summed E-state index contributed by atoms with van der Waals surface area (Å²) >= 11 is 0. The van der Waals surface area contributed by atoms with Gasteiger partial charge in [0.15, 0.2) is 9.84 Å². The number of anilines is 3. The molecule has 2 unspecified atom stereocenters. The molecule has 0 aliphatic rings. The van der Waals surface area contributed by atoms with E-state index in [4.69, 9.17) is 0 Å². The zero-order valence-electron chi connectivity index (χ0n) is 15.0. The van der Waals surface area contributed by atoms with E-state index in [1.807, 2.05) is 42.5 Å². The second kappa shape index (κ2) is 8.09. The smallest absolute Gasteiger partial charge is 0.168 e. The third-order valence-electron chi connectivity index (χ3n) is 4.07. The normalized spacial score (nSPS) is 14.4. The quantitative estimate of drug-likeness (QED) is 0.712. The summed E-state index contributed by atoms with van der Waals surface area (Å²) in [5, 5.41) is 4.45. The molecule has 0 aromatic heterocycles. The van der Waals surface area contributed by atoms with Gasteiger partial charge < -0.3 is 10.6 Å². The van der Waals surface area contributed by atoms with E-state index >= 15 is 0 Å². The van der Waals surface area contributed by atoms with Crippen LogP contribution in [0.1, 0.15) is 13.3 Å². The standard InChI is InChI=1S/C18H24N2O4S2/c1-14(25(2,21)22)13-18(26(3,23)24)20-17-11-9-16(10-12-17)19-15-7-5-4-6-8-15/h4-12,14,18-20H,13H2,1-3H3. The van der Waals surface area contributed by atoms with Crippen molar-refractivity contribution in [2.45, 2.75) is 24.0 Å². The minimum atomic E-state index is -3.47. The van der Waals surface area contributed by atoms with E-state index in [-0.39, 0.29) is 6.42 Å². The van der Waals surface area contributed by atoms with Crippen LogP contribution in [0.5, 0.6) is 0 Å². The highest BCUT2D eigenvalue weighted by atomic mass is 32.2. The SMILES string of the molecule is CC(CC(Nc1ccc(Nc2ccccc2)cc1)S(C)(=O)=O)S(C)(=O)=O. The Morgan fingerprint density at radius 3 is 1.77 bits per heavy atom. The molecule has 2 N–H and O–H groups in total. The summed E-state index contributed by atoms with van der Waals surface area (Å²) < 4.78 is 47.3. The molecular weight excluding hydrogens is 372 g/mol. The van der Waals surface area contributed by atoms with E-state index in [2.05, 4.69) is 10.6 Å². The Morgan fingerprint density at radius 1 is 0.769 bits per heavy atom. The van der Waals surface area contributed by atoms with Crippen molar-refractivity contribution in [1.29, 1.82) is 0 Å². The molecule has 2 atom stereocenters. The van der Waals surface area contributed by atoms with Gasteiger partial charge in [0.25, 0.3) is 0 Å². The summed E-state index contributed by atoms with van der Waals surface area (Å²) in [7, 11) is -6.77. The molecule has 2 aromatic carbocycles. The number of para-hydroxylation sites is 1. The predicted molar refractivity (Wildman–Crippen MR) is 107 cm³/mol. The van der Waals surface area contributed by atoms with Crippen molar-refractivity contribution in [3.8, 4) is 0 Å². The Bertz CT molecular complexity index is 925. The van der Waals surface area contributed by atoms with Crippen molar-refractivity contribution < 1.29 is 16.8 Å². The fourth-order valence-electron chi connectivity index (χ4n) is 2.34. The Hall–Kier alpha value is -2.06. The summed E-state index contributed by atoms with van der Waals surface area (Å²) in [6, 6.07) is 16.8. The molecule has 2 aromatic rings. The van der Waals surface area contributed by atoms with E-state index in [9.17, 15) is 16.8 Å². The van der Waals surface area contributed by atoms with E-state index in [0.717, 1.165) is 23.9 Å². The summed E-state index contributed by atoms with van der Waals surface area (Å²) in [4.78, 5) is 0. The number of hydrogen-bond donors (Lipinski definition) is 2. The molecule has 6 nitrogen and oxygen atoms in total. The maximum absolute atomic E-state index is 12.0. The molecule has 0 aliphatic heterocycles. The number of benzene rings is 2. The maximum atomic E-state index is 12.0. The van der Waals surface area contributed by atoms with Crippen molar-refractivity contribution in [2.75, 3.05) is 23.1 Å². The van der Waals surface area contributed by atoms with Crippen molar-refractivity contribution in [3.05, 3.63) is 54.6 Å². The van der Waals surface area contributed by atoms with Crippen LogP contribution in [-0.2, 0) is 19.7 Å². The van der Waals surface area contributed by atoms with Crippen LogP contribution in [-0.4, -0.2) is 40.0 Å². The molecule has 0 aliphatic carbocycles. The summed E-state index contributed by atoms with van der Waals surface area (Å²) in [5.41, 5.74) is 2.42. The zero-order valence-corrected chi connectivity index (χ0v) is 16.6. The number of nitrogens with one attached hydrogen (secondary N) is 2. The Morgan fingerprint density at radius 2 is 1.27 bits per heavy atom. The lowest BCUT2D eigenvalue weighted by Gasteiger charge is -2.21. The molecule has 142 valence electrons. The minimum Gasteiger partial charge on any atom is -0.369 e. The van der Waals surface area contributed by atoms with Crippen LogP contribution < -0.4 is 10.6 Å². The fourth-order valence-corrected chi connectivity index (χ4v) is 3.99. The molecule has 26 heavy (non-hydrogen) atoms. The summed E-state index contributed by atoms with van der Waals surface area (Å²) in [6.45, 7) is 1.52. The molecule has 0 heterocycles. The van der Waals surface area contributed by atoms with Gasteiger partial charge in [-0.25, -0.2) is 16.8 Å². The second-order valence-electron chi connectivity index (χ2n) is 6.41. The molecule has 8 heteroatoms. The summed E-state index contributed by atoms with van der Waals surface area (Å²) in [6.07, 6.45) is 2.20. The zero-order chi connectivity index (χ0) is 19.4. The van der Waals surface area contributed by atoms with Crippen molar-refractivity contribution in [2.24, 2.45) is 0 Å². The number of hydrogen-bond acceptors (Lipinski definition) is 6. The van der Waals surface area contributed by atoms with Gasteiger partial charge in [-0.2, -0.15) is 0 Å². The lowest BCUT2D eigenvalue weighted by atomic mass is 10.2. The van der Waals surface area contributed by atoms with Crippen LogP contribution in [0.2, 0.25) is 0 Å². The highest BCUT2D eigenvalue weighted by Crippen LogP contribution is 2.21. The van der Waals surface area contributed by atoms with Crippen molar-refractivity contribution in [1.82, 2.24) is 0 Å². The first kappa shape index (κ1) is 20.3. The lowest BCUT2D eigenvalue weighted by molar-refractivity contribution is 0.570. The average molecular weight is 397 g/mol. The van der Waals surface area contributed by atoms with Crippen LogP contribution in [0.25, 0.3) is 0 Å². The van der Waals surface area contributed by atoms with E-state index in [0.29, 0.717) is 5.69 Å². The van der Waals surface area contributed by atoms with Crippen molar-refractivity contribution in [3.63, 3.8) is 0 Å². The Kier molecular flexibility index (Phi) is 6.30. The van der Waals surface area contributed by atoms with E-state index in [1.54, 1.807) is 12.1 Å². The number of sulfone groups is 2. The molecule has 0 radical (unpaired) electrons. The highest BCUT2D eigenvalue weighted by Gasteiger charge is 2.27. The highest BCUT2D eigenvalue weighted by molar-refractivity contribution is 7.92. The van der Waals surface area contributed by atoms with Gasteiger partial charge in [0.05, 0.1) is 5.25 Å². The lowest BCUT2D eigenvalue weighted by Crippen LogP contribution is -2.34. The molecule has 0 bridgehead atoms. The molecule has 0 spiro atoms. The number of rotatable bonds is 8. The first-order chi connectivity index (χ1) is 12.1.